The fourth-order valence-electron chi connectivity index (χ4n) is 1.77. The summed E-state index contributed by atoms with van der Waals surface area (Å²) >= 11 is 0. The van der Waals surface area contributed by atoms with E-state index >= 15 is 0 Å². The van der Waals surface area contributed by atoms with Crippen LogP contribution in [0.25, 0.3) is 12.2 Å². The Morgan fingerprint density at radius 3 is 1.75 bits per heavy atom. The quantitative estimate of drug-likeness (QED) is 0.682. The molecule has 0 heterocycles. The van der Waals surface area contributed by atoms with E-state index in [1.165, 1.54) is 0 Å². The highest BCUT2D eigenvalue weighted by Gasteiger charge is 2.00. The van der Waals surface area contributed by atoms with Crippen molar-refractivity contribution in [2.24, 2.45) is 0 Å². The summed E-state index contributed by atoms with van der Waals surface area (Å²) in [6.45, 7) is 0. The number of carbonyl (C=O) groups is 2. The first-order valence-electron chi connectivity index (χ1n) is 6.28. The first kappa shape index (κ1) is 13.7. The molecule has 0 aliphatic rings. The number of nitrogens with one attached hydrogen (secondary N) is 1. The summed E-state index contributed by atoms with van der Waals surface area (Å²) in [5.41, 5.74) is 3.33. The van der Waals surface area contributed by atoms with E-state index in [2.05, 4.69) is 5.32 Å². The van der Waals surface area contributed by atoms with Crippen LogP contribution in [-0.2, 0) is 0 Å². The standard InChI is InChI=1S/C17H15NO2/c1-18-17(20)16-10-8-14(9-11-16)3-2-13-4-6-15(12-19)7-5-13/h2-12H,1H3,(H,18,20)/b3-2+. The Hall–Kier alpha value is -2.68. The van der Waals surface area contributed by atoms with Crippen LogP contribution in [0.15, 0.2) is 48.5 Å². The maximum absolute atomic E-state index is 11.4. The maximum atomic E-state index is 11.4. The molecule has 0 aliphatic heterocycles. The van der Waals surface area contributed by atoms with Crippen molar-refractivity contribution >= 4 is 24.3 Å². The first-order chi connectivity index (χ1) is 9.72. The number of hydrogen-bond donors (Lipinski definition) is 1. The summed E-state index contributed by atoms with van der Waals surface area (Å²) < 4.78 is 0. The van der Waals surface area contributed by atoms with Crippen LogP contribution in [0.5, 0.6) is 0 Å². The zero-order chi connectivity index (χ0) is 14.4. The summed E-state index contributed by atoms with van der Waals surface area (Å²) in [5.74, 6) is -0.0926. The van der Waals surface area contributed by atoms with E-state index in [4.69, 9.17) is 0 Å². The molecule has 1 amide bonds. The second-order valence-electron chi connectivity index (χ2n) is 4.32. The van der Waals surface area contributed by atoms with Crippen molar-refractivity contribution < 1.29 is 9.59 Å². The molecule has 0 atom stereocenters. The van der Waals surface area contributed by atoms with Gasteiger partial charge in [-0.3, -0.25) is 9.59 Å². The van der Waals surface area contributed by atoms with Gasteiger partial charge < -0.3 is 5.32 Å². The molecular weight excluding hydrogens is 250 g/mol. The van der Waals surface area contributed by atoms with Crippen molar-refractivity contribution in [3.05, 3.63) is 70.8 Å². The number of aldehydes is 1. The van der Waals surface area contributed by atoms with Gasteiger partial charge in [-0.2, -0.15) is 0 Å². The van der Waals surface area contributed by atoms with E-state index in [0.717, 1.165) is 17.4 Å². The van der Waals surface area contributed by atoms with Gasteiger partial charge in [0.1, 0.15) is 6.29 Å². The van der Waals surface area contributed by atoms with Gasteiger partial charge in [0.25, 0.3) is 5.91 Å². The van der Waals surface area contributed by atoms with Gasteiger partial charge in [0, 0.05) is 18.2 Å². The van der Waals surface area contributed by atoms with Gasteiger partial charge in [-0.25, -0.2) is 0 Å². The van der Waals surface area contributed by atoms with E-state index in [1.807, 2.05) is 36.4 Å². The molecule has 1 N–H and O–H groups in total. The lowest BCUT2D eigenvalue weighted by Crippen LogP contribution is -2.17. The average Bonchev–Trinajstić information content (AvgIpc) is 2.53. The minimum Gasteiger partial charge on any atom is -0.355 e. The van der Waals surface area contributed by atoms with E-state index in [9.17, 15) is 9.59 Å². The van der Waals surface area contributed by atoms with Crippen molar-refractivity contribution in [1.82, 2.24) is 5.32 Å². The SMILES string of the molecule is CNC(=O)c1ccc(/C=C/c2ccc(C=O)cc2)cc1. The van der Waals surface area contributed by atoms with Gasteiger partial charge >= 0.3 is 0 Å². The molecule has 2 aromatic carbocycles. The second-order valence-corrected chi connectivity index (χ2v) is 4.32. The highest BCUT2D eigenvalue weighted by Crippen LogP contribution is 2.10. The fourth-order valence-corrected chi connectivity index (χ4v) is 1.77. The van der Waals surface area contributed by atoms with Crippen LogP contribution < -0.4 is 5.32 Å². The third-order valence-corrected chi connectivity index (χ3v) is 2.94. The Bertz CT molecular complexity index is 625. The van der Waals surface area contributed by atoms with Crippen LogP contribution in [0.1, 0.15) is 31.8 Å². The van der Waals surface area contributed by atoms with Crippen LogP contribution in [-0.4, -0.2) is 19.2 Å². The van der Waals surface area contributed by atoms with Crippen molar-refractivity contribution in [2.75, 3.05) is 7.05 Å². The van der Waals surface area contributed by atoms with Gasteiger partial charge in [0.05, 0.1) is 0 Å². The lowest BCUT2D eigenvalue weighted by Gasteiger charge is -2.00. The highest BCUT2D eigenvalue weighted by molar-refractivity contribution is 5.94. The number of rotatable bonds is 4. The van der Waals surface area contributed by atoms with Crippen LogP contribution in [0, 0.1) is 0 Å². The predicted molar refractivity (Wildman–Crippen MR) is 80.6 cm³/mol. The summed E-state index contributed by atoms with van der Waals surface area (Å²) in [6.07, 6.45) is 4.75. The summed E-state index contributed by atoms with van der Waals surface area (Å²) in [4.78, 5) is 22.0. The maximum Gasteiger partial charge on any atom is 0.251 e. The van der Waals surface area contributed by atoms with Crippen LogP contribution in [0.3, 0.4) is 0 Å². The van der Waals surface area contributed by atoms with Gasteiger partial charge in [0.15, 0.2) is 0 Å². The molecule has 3 heteroatoms. The molecule has 0 bridgehead atoms. The molecule has 2 aromatic rings. The third kappa shape index (κ3) is 3.42. The number of benzene rings is 2. The summed E-state index contributed by atoms with van der Waals surface area (Å²) in [6, 6.07) is 14.7. The molecule has 0 spiro atoms. The molecule has 20 heavy (non-hydrogen) atoms. The molecular formula is C17H15NO2. The molecule has 3 nitrogen and oxygen atoms in total. The molecule has 0 saturated carbocycles. The van der Waals surface area contributed by atoms with Crippen molar-refractivity contribution in [1.29, 1.82) is 0 Å². The number of amides is 1. The zero-order valence-electron chi connectivity index (χ0n) is 11.2. The van der Waals surface area contributed by atoms with E-state index in [1.54, 1.807) is 31.3 Å². The Labute approximate surface area is 117 Å². The Balaban J connectivity index is 2.10. The molecule has 0 fully saturated rings. The molecule has 2 rings (SSSR count). The van der Waals surface area contributed by atoms with E-state index < -0.39 is 0 Å². The third-order valence-electron chi connectivity index (χ3n) is 2.94. The van der Waals surface area contributed by atoms with Crippen molar-refractivity contribution in [3.8, 4) is 0 Å². The second kappa shape index (κ2) is 6.48. The molecule has 0 saturated heterocycles. The van der Waals surface area contributed by atoms with Crippen LogP contribution in [0.4, 0.5) is 0 Å². The summed E-state index contributed by atoms with van der Waals surface area (Å²) in [5, 5.41) is 2.58. The van der Waals surface area contributed by atoms with E-state index in [0.29, 0.717) is 11.1 Å². The van der Waals surface area contributed by atoms with Gasteiger partial charge in [-0.15, -0.1) is 0 Å². The smallest absolute Gasteiger partial charge is 0.251 e. The monoisotopic (exact) mass is 265 g/mol. The van der Waals surface area contributed by atoms with E-state index in [-0.39, 0.29) is 5.91 Å². The molecule has 0 unspecified atom stereocenters. The molecule has 0 aliphatic carbocycles. The van der Waals surface area contributed by atoms with Crippen LogP contribution >= 0.6 is 0 Å². The topological polar surface area (TPSA) is 46.2 Å². The predicted octanol–water partition coefficient (Wildman–Crippen LogP) is 3.03. The Kier molecular flexibility index (Phi) is 4.45. The fraction of sp³-hybridized carbons (Fsp3) is 0.0588. The van der Waals surface area contributed by atoms with Crippen LogP contribution in [0.2, 0.25) is 0 Å². The first-order valence-corrected chi connectivity index (χ1v) is 6.28. The van der Waals surface area contributed by atoms with Gasteiger partial charge in [0.2, 0.25) is 0 Å². The number of carbonyl (C=O) groups excluding carboxylic acids is 2. The molecule has 0 radical (unpaired) electrons. The lowest BCUT2D eigenvalue weighted by atomic mass is 10.1. The minimum atomic E-state index is -0.0926. The van der Waals surface area contributed by atoms with Crippen molar-refractivity contribution in [3.63, 3.8) is 0 Å². The zero-order valence-corrected chi connectivity index (χ0v) is 11.2. The van der Waals surface area contributed by atoms with Crippen molar-refractivity contribution in [2.45, 2.75) is 0 Å². The number of hydrogen-bond acceptors (Lipinski definition) is 2. The molecule has 0 aromatic heterocycles. The molecule has 100 valence electrons. The normalized spacial score (nSPS) is 10.4. The van der Waals surface area contributed by atoms with Gasteiger partial charge in [-0.1, -0.05) is 48.6 Å². The highest BCUT2D eigenvalue weighted by atomic mass is 16.1. The summed E-state index contributed by atoms with van der Waals surface area (Å²) in [7, 11) is 1.61. The average molecular weight is 265 g/mol. The minimum absolute atomic E-state index is 0.0926. The Morgan fingerprint density at radius 1 is 0.850 bits per heavy atom. The Morgan fingerprint density at radius 2 is 1.30 bits per heavy atom. The van der Waals surface area contributed by atoms with Gasteiger partial charge in [-0.05, 0) is 23.3 Å². The largest absolute Gasteiger partial charge is 0.355 e. The lowest BCUT2D eigenvalue weighted by molar-refractivity contribution is 0.0962.